The minimum atomic E-state index is -0.854. The fourth-order valence-electron chi connectivity index (χ4n) is 2.60. The maximum absolute atomic E-state index is 11.3. The Morgan fingerprint density at radius 1 is 1.43 bits per heavy atom. The van der Waals surface area contributed by atoms with Gasteiger partial charge in [0, 0.05) is 23.0 Å². The van der Waals surface area contributed by atoms with Crippen LogP contribution in [0.3, 0.4) is 0 Å². The maximum Gasteiger partial charge on any atom is 0.310 e. The van der Waals surface area contributed by atoms with Crippen molar-refractivity contribution in [2.24, 2.45) is 0 Å². The van der Waals surface area contributed by atoms with Crippen LogP contribution in [0.25, 0.3) is 16.2 Å². The molecule has 0 radical (unpaired) electrons. The lowest BCUT2D eigenvalue weighted by atomic mass is 9.98. The molecule has 108 valence electrons. The SMILES string of the molecule is Cc1nc2cc(-c3cccs3)nn2c(C)c1C(C)C(=O)O. The first-order valence-corrected chi connectivity index (χ1v) is 7.50. The molecule has 5 nitrogen and oxygen atoms in total. The summed E-state index contributed by atoms with van der Waals surface area (Å²) in [5, 5.41) is 15.8. The normalized spacial score (nSPS) is 12.7. The summed E-state index contributed by atoms with van der Waals surface area (Å²) in [5.74, 6) is -1.45. The minimum Gasteiger partial charge on any atom is -0.481 e. The van der Waals surface area contributed by atoms with E-state index in [0.717, 1.165) is 33.2 Å². The Morgan fingerprint density at radius 3 is 2.81 bits per heavy atom. The molecule has 3 aromatic rings. The predicted octanol–water partition coefficient (Wildman–Crippen LogP) is 3.26. The molecule has 0 aliphatic heterocycles. The van der Waals surface area contributed by atoms with Gasteiger partial charge in [0.25, 0.3) is 0 Å². The Balaban J connectivity index is 2.23. The summed E-state index contributed by atoms with van der Waals surface area (Å²) in [6.45, 7) is 5.41. The van der Waals surface area contributed by atoms with E-state index in [0.29, 0.717) is 0 Å². The molecule has 0 saturated heterocycles. The molecule has 21 heavy (non-hydrogen) atoms. The zero-order valence-corrected chi connectivity index (χ0v) is 12.8. The van der Waals surface area contributed by atoms with Gasteiger partial charge in [-0.1, -0.05) is 6.07 Å². The Hall–Kier alpha value is -2.21. The number of hydrogen-bond acceptors (Lipinski definition) is 4. The smallest absolute Gasteiger partial charge is 0.310 e. The largest absolute Gasteiger partial charge is 0.481 e. The second-order valence-corrected chi connectivity index (χ2v) is 5.98. The van der Waals surface area contributed by atoms with E-state index < -0.39 is 11.9 Å². The average molecular weight is 301 g/mol. The molecule has 0 spiro atoms. The molecule has 0 fully saturated rings. The van der Waals surface area contributed by atoms with E-state index in [4.69, 9.17) is 0 Å². The van der Waals surface area contributed by atoms with Crippen molar-refractivity contribution in [3.8, 4) is 10.6 Å². The Labute approximate surface area is 125 Å². The zero-order chi connectivity index (χ0) is 15.1. The third kappa shape index (κ3) is 2.21. The van der Waals surface area contributed by atoms with E-state index in [2.05, 4.69) is 10.1 Å². The van der Waals surface area contributed by atoms with Crippen molar-refractivity contribution < 1.29 is 9.90 Å². The Bertz CT molecular complexity index is 821. The van der Waals surface area contributed by atoms with E-state index in [1.807, 2.05) is 37.4 Å². The molecule has 0 aliphatic carbocycles. The van der Waals surface area contributed by atoms with Crippen LogP contribution in [0, 0.1) is 13.8 Å². The fourth-order valence-corrected chi connectivity index (χ4v) is 3.28. The molecule has 1 N–H and O–H groups in total. The van der Waals surface area contributed by atoms with Crippen LogP contribution < -0.4 is 0 Å². The molecule has 1 unspecified atom stereocenters. The standard InChI is InChI=1S/C15H15N3O2S/c1-8(15(19)20)14-9(2)16-13-7-11(12-5-4-6-21-12)17-18(13)10(14)3/h4-8H,1-3H3,(H,19,20). The third-order valence-corrected chi connectivity index (χ3v) is 4.54. The van der Waals surface area contributed by atoms with E-state index in [1.165, 1.54) is 0 Å². The second-order valence-electron chi connectivity index (χ2n) is 5.03. The van der Waals surface area contributed by atoms with E-state index >= 15 is 0 Å². The third-order valence-electron chi connectivity index (χ3n) is 3.65. The first kappa shape index (κ1) is 13.8. The second kappa shape index (κ2) is 4.96. The van der Waals surface area contributed by atoms with Crippen LogP contribution in [0.5, 0.6) is 0 Å². The monoisotopic (exact) mass is 301 g/mol. The van der Waals surface area contributed by atoms with Gasteiger partial charge < -0.3 is 5.11 Å². The van der Waals surface area contributed by atoms with Crippen molar-refractivity contribution in [2.75, 3.05) is 0 Å². The van der Waals surface area contributed by atoms with Gasteiger partial charge in [-0.05, 0) is 32.2 Å². The summed E-state index contributed by atoms with van der Waals surface area (Å²) in [6, 6.07) is 5.92. The number of carbonyl (C=O) groups is 1. The van der Waals surface area contributed by atoms with Crippen LogP contribution in [0.15, 0.2) is 23.6 Å². The van der Waals surface area contributed by atoms with E-state index in [9.17, 15) is 9.90 Å². The van der Waals surface area contributed by atoms with Crippen LogP contribution in [0.1, 0.15) is 29.8 Å². The lowest BCUT2D eigenvalue weighted by Gasteiger charge is -2.14. The van der Waals surface area contributed by atoms with E-state index in [1.54, 1.807) is 22.8 Å². The van der Waals surface area contributed by atoms with Crippen LogP contribution in [0.2, 0.25) is 0 Å². The number of carboxylic acid groups (broad SMARTS) is 1. The van der Waals surface area contributed by atoms with E-state index in [-0.39, 0.29) is 0 Å². The summed E-state index contributed by atoms with van der Waals surface area (Å²) >= 11 is 1.62. The number of hydrogen-bond donors (Lipinski definition) is 1. The highest BCUT2D eigenvalue weighted by Crippen LogP contribution is 2.28. The number of carboxylic acids is 1. The zero-order valence-electron chi connectivity index (χ0n) is 12.0. The van der Waals surface area contributed by atoms with Crippen LogP contribution >= 0.6 is 11.3 Å². The van der Waals surface area contributed by atoms with Gasteiger partial charge in [0.2, 0.25) is 0 Å². The molecule has 1 atom stereocenters. The minimum absolute atomic E-state index is 0.601. The average Bonchev–Trinajstić information content (AvgIpc) is 3.06. The topological polar surface area (TPSA) is 67.5 Å². The van der Waals surface area contributed by atoms with Crippen molar-refractivity contribution in [3.05, 3.63) is 40.5 Å². The molecule has 3 rings (SSSR count). The van der Waals surface area contributed by atoms with Crippen molar-refractivity contribution in [3.63, 3.8) is 0 Å². The van der Waals surface area contributed by atoms with Crippen LogP contribution in [-0.4, -0.2) is 25.7 Å². The molecule has 3 aromatic heterocycles. The first-order valence-electron chi connectivity index (χ1n) is 6.62. The Morgan fingerprint density at radius 2 is 2.19 bits per heavy atom. The highest BCUT2D eigenvalue weighted by molar-refractivity contribution is 7.13. The highest BCUT2D eigenvalue weighted by atomic mass is 32.1. The van der Waals surface area contributed by atoms with Gasteiger partial charge in [-0.3, -0.25) is 4.79 Å². The molecule has 3 heterocycles. The number of nitrogens with zero attached hydrogens (tertiary/aromatic N) is 3. The number of aryl methyl sites for hydroxylation is 2. The fraction of sp³-hybridized carbons (Fsp3) is 0.267. The highest BCUT2D eigenvalue weighted by Gasteiger charge is 2.22. The summed E-state index contributed by atoms with van der Waals surface area (Å²) in [6.07, 6.45) is 0. The molecule has 0 aromatic carbocycles. The van der Waals surface area contributed by atoms with Gasteiger partial charge in [0.15, 0.2) is 5.65 Å². The van der Waals surface area contributed by atoms with Gasteiger partial charge in [-0.2, -0.15) is 5.10 Å². The quantitative estimate of drug-likeness (QED) is 0.806. The van der Waals surface area contributed by atoms with Crippen molar-refractivity contribution in [2.45, 2.75) is 26.7 Å². The predicted molar refractivity (Wildman–Crippen MR) is 81.8 cm³/mol. The number of aliphatic carboxylic acids is 1. The van der Waals surface area contributed by atoms with Gasteiger partial charge in [0.05, 0.1) is 10.8 Å². The number of fused-ring (bicyclic) bond motifs is 1. The summed E-state index contributed by atoms with van der Waals surface area (Å²) in [5.41, 5.74) is 3.91. The molecule has 6 heteroatoms. The molecular formula is C15H15N3O2S. The Kier molecular flexibility index (Phi) is 3.25. The van der Waals surface area contributed by atoms with Crippen molar-refractivity contribution in [1.82, 2.24) is 14.6 Å². The first-order chi connectivity index (χ1) is 9.99. The molecule has 0 aliphatic rings. The maximum atomic E-state index is 11.3. The van der Waals surface area contributed by atoms with Gasteiger partial charge in [0.1, 0.15) is 5.69 Å². The summed E-state index contributed by atoms with van der Waals surface area (Å²) in [7, 11) is 0. The number of rotatable bonds is 3. The van der Waals surface area contributed by atoms with Crippen molar-refractivity contribution in [1.29, 1.82) is 0 Å². The van der Waals surface area contributed by atoms with Gasteiger partial charge >= 0.3 is 5.97 Å². The van der Waals surface area contributed by atoms with Crippen LogP contribution in [-0.2, 0) is 4.79 Å². The van der Waals surface area contributed by atoms with Gasteiger partial charge in [-0.25, -0.2) is 9.50 Å². The van der Waals surface area contributed by atoms with Gasteiger partial charge in [-0.15, -0.1) is 11.3 Å². The molecule has 0 saturated carbocycles. The molecular weight excluding hydrogens is 286 g/mol. The number of aromatic nitrogens is 3. The van der Waals surface area contributed by atoms with Crippen LogP contribution in [0.4, 0.5) is 0 Å². The lowest BCUT2D eigenvalue weighted by Crippen LogP contribution is -2.14. The summed E-state index contributed by atoms with van der Waals surface area (Å²) < 4.78 is 1.73. The number of thiophene rings is 1. The molecule has 0 bridgehead atoms. The lowest BCUT2D eigenvalue weighted by molar-refractivity contribution is -0.138. The molecule has 0 amide bonds. The summed E-state index contributed by atoms with van der Waals surface area (Å²) in [4.78, 5) is 16.9. The van der Waals surface area contributed by atoms with Crippen molar-refractivity contribution >= 4 is 23.0 Å².